The summed E-state index contributed by atoms with van der Waals surface area (Å²) in [6.07, 6.45) is 0.393. The van der Waals surface area contributed by atoms with E-state index in [9.17, 15) is 9.59 Å². The van der Waals surface area contributed by atoms with Crippen LogP contribution >= 0.6 is 24.2 Å². The molecule has 28 heavy (non-hydrogen) atoms. The van der Waals surface area contributed by atoms with Gasteiger partial charge < -0.3 is 16.0 Å². The van der Waals surface area contributed by atoms with Gasteiger partial charge in [0.05, 0.1) is 16.7 Å². The average Bonchev–Trinajstić information content (AvgIpc) is 2.70. The molecule has 1 atom stereocenters. The molecule has 1 aromatic heterocycles. The van der Waals surface area contributed by atoms with Crippen molar-refractivity contribution in [3.63, 3.8) is 0 Å². The molecule has 0 bridgehead atoms. The minimum Gasteiger partial charge on any atom is -0.354 e. The lowest BCUT2D eigenvalue weighted by atomic mass is 10.1. The molecule has 4 N–H and O–H groups in total. The van der Waals surface area contributed by atoms with E-state index in [1.165, 1.54) is 0 Å². The van der Waals surface area contributed by atoms with Gasteiger partial charge in [0.1, 0.15) is 5.82 Å². The Bertz CT molecular complexity index is 965. The molecule has 1 heterocycles. The number of carbonyl (C=O) groups is 1. The van der Waals surface area contributed by atoms with Crippen LogP contribution in [0.1, 0.15) is 23.9 Å². The maximum Gasteiger partial charge on any atom is 0.258 e. The number of amides is 1. The first-order valence-electron chi connectivity index (χ1n) is 8.76. The normalized spacial score (nSPS) is 11.6. The Morgan fingerprint density at radius 2 is 1.86 bits per heavy atom. The standard InChI is InChI=1S/C20H22N4O2S.ClH/c21-16(14-6-2-1-3-7-14)12-22-19(25)10-11-27-13-18-23-17-9-5-4-8-15(17)20(26)24-18;/h1-9,16H,10-13,21H2,(H,22,25)(H,23,24,26);1H. The maximum absolute atomic E-state index is 12.0. The zero-order chi connectivity index (χ0) is 19.1. The highest BCUT2D eigenvalue weighted by molar-refractivity contribution is 7.98. The van der Waals surface area contributed by atoms with Crippen molar-refractivity contribution >= 4 is 41.0 Å². The average molecular weight is 419 g/mol. The van der Waals surface area contributed by atoms with Crippen LogP contribution in [-0.2, 0) is 10.5 Å². The topological polar surface area (TPSA) is 101 Å². The third-order valence-corrected chi connectivity index (χ3v) is 5.09. The fourth-order valence-corrected chi connectivity index (χ4v) is 3.47. The van der Waals surface area contributed by atoms with Crippen molar-refractivity contribution < 1.29 is 4.79 Å². The summed E-state index contributed by atoms with van der Waals surface area (Å²) in [6, 6.07) is 16.7. The van der Waals surface area contributed by atoms with Crippen LogP contribution in [0.4, 0.5) is 0 Å². The second-order valence-corrected chi connectivity index (χ2v) is 7.26. The summed E-state index contributed by atoms with van der Waals surface area (Å²) in [5.74, 6) is 1.78. The second-order valence-electron chi connectivity index (χ2n) is 6.15. The fraction of sp³-hybridized carbons (Fsp3) is 0.250. The van der Waals surface area contributed by atoms with Crippen molar-refractivity contribution in [1.82, 2.24) is 15.3 Å². The number of carbonyl (C=O) groups excluding carboxylic acids is 1. The number of H-pyrrole nitrogens is 1. The molecule has 0 aliphatic heterocycles. The Morgan fingerprint density at radius 1 is 1.14 bits per heavy atom. The summed E-state index contributed by atoms with van der Waals surface area (Å²) in [7, 11) is 0. The molecule has 0 radical (unpaired) electrons. The number of fused-ring (bicyclic) bond motifs is 1. The molecule has 0 spiro atoms. The van der Waals surface area contributed by atoms with Gasteiger partial charge in [-0.3, -0.25) is 9.59 Å². The Labute approximate surface area is 173 Å². The van der Waals surface area contributed by atoms with Crippen LogP contribution in [0.15, 0.2) is 59.4 Å². The van der Waals surface area contributed by atoms with Crippen LogP contribution in [0.2, 0.25) is 0 Å². The number of aromatic amines is 1. The number of nitrogens with zero attached hydrogens (tertiary/aromatic N) is 1. The number of para-hydroxylation sites is 1. The predicted octanol–water partition coefficient (Wildman–Crippen LogP) is 2.78. The van der Waals surface area contributed by atoms with Crippen LogP contribution in [0.25, 0.3) is 10.9 Å². The van der Waals surface area contributed by atoms with Crippen LogP contribution in [-0.4, -0.2) is 28.2 Å². The Morgan fingerprint density at radius 3 is 2.64 bits per heavy atom. The van der Waals surface area contributed by atoms with E-state index in [-0.39, 0.29) is 29.9 Å². The number of thioether (sulfide) groups is 1. The first-order chi connectivity index (χ1) is 13.1. The van der Waals surface area contributed by atoms with Crippen LogP contribution in [0, 0.1) is 0 Å². The smallest absolute Gasteiger partial charge is 0.258 e. The van der Waals surface area contributed by atoms with Gasteiger partial charge in [-0.05, 0) is 17.7 Å². The zero-order valence-corrected chi connectivity index (χ0v) is 16.9. The minimum atomic E-state index is -0.213. The highest BCUT2D eigenvalue weighted by Crippen LogP contribution is 2.12. The molecule has 0 saturated carbocycles. The van der Waals surface area contributed by atoms with Gasteiger partial charge in [0.2, 0.25) is 5.91 Å². The Kier molecular flexibility index (Phi) is 8.50. The van der Waals surface area contributed by atoms with Gasteiger partial charge in [0.15, 0.2) is 0 Å². The van der Waals surface area contributed by atoms with Gasteiger partial charge >= 0.3 is 0 Å². The summed E-state index contributed by atoms with van der Waals surface area (Å²) < 4.78 is 0. The molecule has 1 unspecified atom stereocenters. The van der Waals surface area contributed by atoms with Gasteiger partial charge in [0, 0.05) is 24.8 Å². The van der Waals surface area contributed by atoms with E-state index in [2.05, 4.69) is 15.3 Å². The van der Waals surface area contributed by atoms with E-state index in [0.717, 1.165) is 5.56 Å². The molecular formula is C20H23ClN4O2S. The number of nitrogens with two attached hydrogens (primary N) is 1. The van der Waals surface area contributed by atoms with Crippen LogP contribution in [0.3, 0.4) is 0 Å². The van der Waals surface area contributed by atoms with Gasteiger partial charge in [0.25, 0.3) is 5.56 Å². The number of benzene rings is 2. The molecule has 8 heteroatoms. The maximum atomic E-state index is 12.0. The van der Waals surface area contributed by atoms with Crippen molar-refractivity contribution in [3.05, 3.63) is 76.3 Å². The molecule has 0 saturated heterocycles. The van der Waals surface area contributed by atoms with Crippen LogP contribution in [0.5, 0.6) is 0 Å². The molecule has 148 valence electrons. The van der Waals surface area contributed by atoms with Crippen molar-refractivity contribution in [2.75, 3.05) is 12.3 Å². The number of halogens is 1. The molecule has 6 nitrogen and oxygen atoms in total. The number of nitrogens with one attached hydrogen (secondary N) is 2. The molecule has 2 aromatic carbocycles. The number of hydrogen-bond acceptors (Lipinski definition) is 5. The monoisotopic (exact) mass is 418 g/mol. The van der Waals surface area contributed by atoms with E-state index in [4.69, 9.17) is 5.73 Å². The van der Waals surface area contributed by atoms with E-state index in [1.54, 1.807) is 17.8 Å². The molecule has 3 rings (SSSR count). The molecule has 0 fully saturated rings. The fourth-order valence-electron chi connectivity index (χ4n) is 2.67. The van der Waals surface area contributed by atoms with E-state index in [0.29, 0.717) is 41.2 Å². The van der Waals surface area contributed by atoms with Gasteiger partial charge in [-0.1, -0.05) is 42.5 Å². The summed E-state index contributed by atoms with van der Waals surface area (Å²) in [5.41, 5.74) is 7.62. The lowest BCUT2D eigenvalue weighted by molar-refractivity contribution is -0.120. The zero-order valence-electron chi connectivity index (χ0n) is 15.3. The molecule has 3 aromatic rings. The van der Waals surface area contributed by atoms with Gasteiger partial charge in [-0.15, -0.1) is 12.4 Å². The molecule has 1 amide bonds. The second kappa shape index (κ2) is 10.8. The number of hydrogen-bond donors (Lipinski definition) is 3. The quantitative estimate of drug-likeness (QED) is 0.488. The Hall–Kier alpha value is -2.35. The predicted molar refractivity (Wildman–Crippen MR) is 117 cm³/mol. The first kappa shape index (κ1) is 21.9. The van der Waals surface area contributed by atoms with Crippen molar-refractivity contribution in [2.45, 2.75) is 18.2 Å². The largest absolute Gasteiger partial charge is 0.354 e. The SMILES string of the molecule is Cl.NC(CNC(=O)CCSCc1nc2ccccc2c(=O)[nH]1)c1ccccc1. The third kappa shape index (κ3) is 6.09. The van der Waals surface area contributed by atoms with Gasteiger partial charge in [-0.25, -0.2) is 4.98 Å². The minimum absolute atomic E-state index is 0. The lowest BCUT2D eigenvalue weighted by Gasteiger charge is -2.13. The number of rotatable bonds is 8. The summed E-state index contributed by atoms with van der Waals surface area (Å²) in [6.45, 7) is 0.410. The van der Waals surface area contributed by atoms with Gasteiger partial charge in [-0.2, -0.15) is 11.8 Å². The highest BCUT2D eigenvalue weighted by Gasteiger charge is 2.08. The van der Waals surface area contributed by atoms with E-state index < -0.39 is 0 Å². The van der Waals surface area contributed by atoms with E-state index >= 15 is 0 Å². The summed E-state index contributed by atoms with van der Waals surface area (Å²) in [5, 5.41) is 3.45. The Balaban J connectivity index is 0.00000280. The van der Waals surface area contributed by atoms with E-state index in [1.807, 2.05) is 48.5 Å². The molecule has 0 aliphatic carbocycles. The first-order valence-corrected chi connectivity index (χ1v) is 9.92. The van der Waals surface area contributed by atoms with Crippen molar-refractivity contribution in [3.8, 4) is 0 Å². The van der Waals surface area contributed by atoms with Crippen LogP contribution < -0.4 is 16.6 Å². The van der Waals surface area contributed by atoms with Crippen molar-refractivity contribution in [2.24, 2.45) is 5.73 Å². The summed E-state index contributed by atoms with van der Waals surface area (Å²) >= 11 is 1.56. The van der Waals surface area contributed by atoms with Crippen molar-refractivity contribution in [1.29, 1.82) is 0 Å². The lowest BCUT2D eigenvalue weighted by Crippen LogP contribution is -2.32. The molecule has 0 aliphatic rings. The highest BCUT2D eigenvalue weighted by atomic mass is 35.5. The summed E-state index contributed by atoms with van der Waals surface area (Å²) in [4.78, 5) is 31.2. The third-order valence-electron chi connectivity index (χ3n) is 4.12. The number of aromatic nitrogens is 2. The molecular weight excluding hydrogens is 396 g/mol.